The summed E-state index contributed by atoms with van der Waals surface area (Å²) in [6.45, 7) is 0. The van der Waals surface area contributed by atoms with E-state index in [0.717, 1.165) is 0 Å². The Kier molecular flexibility index (Phi) is 3.35. The lowest BCUT2D eigenvalue weighted by Crippen LogP contribution is -2.05. The van der Waals surface area contributed by atoms with Crippen molar-refractivity contribution in [1.82, 2.24) is 4.98 Å². The van der Waals surface area contributed by atoms with Crippen LogP contribution in [0.2, 0.25) is 5.02 Å². The summed E-state index contributed by atoms with van der Waals surface area (Å²) < 4.78 is 5.17. The molecule has 0 fully saturated rings. The Hall–Kier alpha value is -2.25. The number of nitriles is 1. The van der Waals surface area contributed by atoms with Crippen molar-refractivity contribution in [3.05, 3.63) is 51.4 Å². The predicted molar refractivity (Wildman–Crippen MR) is 68.8 cm³/mol. The number of nitrogens with one attached hydrogen (secondary N) is 1. The molecule has 18 heavy (non-hydrogen) atoms. The minimum Gasteiger partial charge on any atom is -0.495 e. The Balaban J connectivity index is 2.76. The third-order valence-electron chi connectivity index (χ3n) is 2.50. The number of ether oxygens (including phenoxy) is 1. The topological polar surface area (TPSA) is 65.9 Å². The molecule has 0 unspecified atom stereocenters. The van der Waals surface area contributed by atoms with Gasteiger partial charge in [0, 0.05) is 28.4 Å². The molecule has 5 heteroatoms. The van der Waals surface area contributed by atoms with Crippen molar-refractivity contribution < 1.29 is 4.74 Å². The second-order valence-corrected chi connectivity index (χ2v) is 4.02. The van der Waals surface area contributed by atoms with E-state index in [0.29, 0.717) is 27.5 Å². The first-order valence-electron chi connectivity index (χ1n) is 5.12. The van der Waals surface area contributed by atoms with Crippen molar-refractivity contribution in [3.63, 3.8) is 0 Å². The first-order chi connectivity index (χ1) is 8.65. The van der Waals surface area contributed by atoms with Gasteiger partial charge >= 0.3 is 0 Å². The molecule has 1 aromatic heterocycles. The molecule has 0 bridgehead atoms. The lowest BCUT2D eigenvalue weighted by atomic mass is 10.0. The van der Waals surface area contributed by atoms with Gasteiger partial charge in [-0.05, 0) is 18.2 Å². The van der Waals surface area contributed by atoms with Gasteiger partial charge in [0.1, 0.15) is 5.75 Å². The van der Waals surface area contributed by atoms with Crippen molar-refractivity contribution in [3.8, 4) is 22.9 Å². The Morgan fingerprint density at radius 3 is 2.78 bits per heavy atom. The molecule has 0 aliphatic rings. The zero-order valence-corrected chi connectivity index (χ0v) is 10.3. The molecule has 90 valence electrons. The molecule has 0 spiro atoms. The van der Waals surface area contributed by atoms with Crippen LogP contribution < -0.4 is 10.3 Å². The largest absolute Gasteiger partial charge is 0.495 e. The van der Waals surface area contributed by atoms with Gasteiger partial charge in [0.2, 0.25) is 5.56 Å². The molecular weight excluding hydrogens is 252 g/mol. The van der Waals surface area contributed by atoms with Crippen molar-refractivity contribution in [2.24, 2.45) is 0 Å². The number of aromatic nitrogens is 1. The van der Waals surface area contributed by atoms with E-state index in [2.05, 4.69) is 11.1 Å². The van der Waals surface area contributed by atoms with Crippen molar-refractivity contribution in [1.29, 1.82) is 5.26 Å². The number of rotatable bonds is 2. The van der Waals surface area contributed by atoms with E-state index in [1.54, 1.807) is 18.2 Å². The van der Waals surface area contributed by atoms with Crippen LogP contribution in [0.3, 0.4) is 0 Å². The summed E-state index contributed by atoms with van der Waals surface area (Å²) in [5, 5.41) is 9.58. The van der Waals surface area contributed by atoms with Crippen LogP contribution in [0.4, 0.5) is 0 Å². The molecule has 0 amide bonds. The highest BCUT2D eigenvalue weighted by Crippen LogP contribution is 2.32. The standard InChI is InChI=1S/C13H9ClN2O2/c1-18-12-7-16-13(17)5-11(12)10-4-9(14)3-2-8(10)6-15/h2-5,7H,1H3,(H,16,17). The molecule has 1 heterocycles. The maximum absolute atomic E-state index is 11.4. The van der Waals surface area contributed by atoms with Crippen molar-refractivity contribution in [2.75, 3.05) is 7.11 Å². The molecule has 0 saturated carbocycles. The molecule has 4 nitrogen and oxygen atoms in total. The summed E-state index contributed by atoms with van der Waals surface area (Å²) in [5.41, 5.74) is 1.28. The number of aromatic amines is 1. The molecule has 0 saturated heterocycles. The van der Waals surface area contributed by atoms with Crippen LogP contribution in [0, 0.1) is 11.3 Å². The van der Waals surface area contributed by atoms with Crippen LogP contribution in [-0.2, 0) is 0 Å². The molecule has 0 atom stereocenters. The number of methoxy groups -OCH3 is 1. The molecule has 2 rings (SSSR count). The van der Waals surface area contributed by atoms with E-state index in [1.165, 1.54) is 19.4 Å². The number of hydrogen-bond acceptors (Lipinski definition) is 3. The van der Waals surface area contributed by atoms with E-state index in [-0.39, 0.29) is 5.56 Å². The maximum atomic E-state index is 11.4. The number of halogens is 1. The molecule has 1 aromatic carbocycles. The number of benzene rings is 1. The van der Waals surface area contributed by atoms with Crippen LogP contribution in [-0.4, -0.2) is 12.1 Å². The first kappa shape index (κ1) is 12.2. The highest BCUT2D eigenvalue weighted by Gasteiger charge is 2.11. The average molecular weight is 261 g/mol. The second kappa shape index (κ2) is 4.94. The Morgan fingerprint density at radius 2 is 2.11 bits per heavy atom. The van der Waals surface area contributed by atoms with E-state index in [9.17, 15) is 4.79 Å². The summed E-state index contributed by atoms with van der Waals surface area (Å²) in [4.78, 5) is 13.9. The van der Waals surface area contributed by atoms with E-state index in [4.69, 9.17) is 21.6 Å². The molecule has 2 aromatic rings. The number of H-pyrrole nitrogens is 1. The Labute approximate surface area is 108 Å². The number of nitrogens with zero attached hydrogens (tertiary/aromatic N) is 1. The van der Waals surface area contributed by atoms with Crippen molar-refractivity contribution in [2.45, 2.75) is 0 Å². The predicted octanol–water partition coefficient (Wildman–Crippen LogP) is 2.58. The fourth-order valence-corrected chi connectivity index (χ4v) is 1.85. The quantitative estimate of drug-likeness (QED) is 0.902. The fourth-order valence-electron chi connectivity index (χ4n) is 1.67. The first-order valence-corrected chi connectivity index (χ1v) is 5.50. The molecule has 0 aliphatic carbocycles. The lowest BCUT2D eigenvalue weighted by molar-refractivity contribution is 0.414. The van der Waals surface area contributed by atoms with Gasteiger partial charge in [0.15, 0.2) is 0 Å². The minimum atomic E-state index is -0.269. The van der Waals surface area contributed by atoms with Gasteiger partial charge in [-0.2, -0.15) is 5.26 Å². The van der Waals surface area contributed by atoms with Crippen molar-refractivity contribution >= 4 is 11.6 Å². The molecule has 0 radical (unpaired) electrons. The highest BCUT2D eigenvalue weighted by atomic mass is 35.5. The Bertz CT molecular complexity index is 686. The smallest absolute Gasteiger partial charge is 0.248 e. The van der Waals surface area contributed by atoms with Gasteiger partial charge < -0.3 is 9.72 Å². The van der Waals surface area contributed by atoms with Gasteiger partial charge in [-0.1, -0.05) is 11.6 Å². The molecule has 0 aliphatic heterocycles. The zero-order chi connectivity index (χ0) is 13.1. The third kappa shape index (κ3) is 2.22. The van der Waals surface area contributed by atoms with Crippen LogP contribution in [0.5, 0.6) is 5.75 Å². The number of hydrogen-bond donors (Lipinski definition) is 1. The summed E-state index contributed by atoms with van der Waals surface area (Å²) in [5.74, 6) is 0.480. The van der Waals surface area contributed by atoms with Gasteiger partial charge in [0.05, 0.1) is 18.7 Å². The summed E-state index contributed by atoms with van der Waals surface area (Å²) >= 11 is 5.92. The fraction of sp³-hybridized carbons (Fsp3) is 0.0769. The van der Waals surface area contributed by atoms with Crippen LogP contribution in [0.1, 0.15) is 5.56 Å². The minimum absolute atomic E-state index is 0.269. The van der Waals surface area contributed by atoms with E-state index < -0.39 is 0 Å². The maximum Gasteiger partial charge on any atom is 0.248 e. The normalized spacial score (nSPS) is 9.83. The van der Waals surface area contributed by atoms with Gasteiger partial charge in [-0.3, -0.25) is 4.79 Å². The number of pyridine rings is 1. The lowest BCUT2D eigenvalue weighted by Gasteiger charge is -2.09. The molecular formula is C13H9ClN2O2. The van der Waals surface area contributed by atoms with Gasteiger partial charge in [0.25, 0.3) is 0 Å². The molecule has 1 N–H and O–H groups in total. The SMILES string of the molecule is COc1c[nH]c(=O)cc1-c1cc(Cl)ccc1C#N. The zero-order valence-electron chi connectivity index (χ0n) is 9.53. The van der Waals surface area contributed by atoms with Crippen LogP contribution in [0.15, 0.2) is 35.3 Å². The van der Waals surface area contributed by atoms with Gasteiger partial charge in [-0.15, -0.1) is 0 Å². The Morgan fingerprint density at radius 1 is 1.33 bits per heavy atom. The van der Waals surface area contributed by atoms with Crippen LogP contribution >= 0.6 is 11.6 Å². The summed E-state index contributed by atoms with van der Waals surface area (Å²) in [6, 6.07) is 8.32. The van der Waals surface area contributed by atoms with E-state index >= 15 is 0 Å². The van der Waals surface area contributed by atoms with E-state index in [1.807, 2.05) is 0 Å². The highest BCUT2D eigenvalue weighted by molar-refractivity contribution is 6.31. The summed E-state index contributed by atoms with van der Waals surface area (Å²) in [6.07, 6.45) is 1.46. The van der Waals surface area contributed by atoms with Crippen LogP contribution in [0.25, 0.3) is 11.1 Å². The average Bonchev–Trinajstić information content (AvgIpc) is 2.38. The monoisotopic (exact) mass is 260 g/mol. The van der Waals surface area contributed by atoms with Gasteiger partial charge in [-0.25, -0.2) is 0 Å². The second-order valence-electron chi connectivity index (χ2n) is 3.58. The summed E-state index contributed by atoms with van der Waals surface area (Å²) in [7, 11) is 1.49. The third-order valence-corrected chi connectivity index (χ3v) is 2.73.